The van der Waals surface area contributed by atoms with Crippen LogP contribution >= 0.6 is 27.7 Å². The minimum Gasteiger partial charge on any atom is -0.285 e. The third-order valence-corrected chi connectivity index (χ3v) is 3.10. The van der Waals surface area contributed by atoms with Crippen LogP contribution in [0.1, 0.15) is 29.5 Å². The predicted octanol–water partition coefficient (Wildman–Crippen LogP) is 2.14. The molecule has 2 aromatic heterocycles. The minimum atomic E-state index is -0.147. The fraction of sp³-hybridized carbons (Fsp3) is 0.333. The second-order valence-corrected chi connectivity index (χ2v) is 4.60. The van der Waals surface area contributed by atoms with E-state index in [1.54, 1.807) is 10.9 Å². The van der Waals surface area contributed by atoms with E-state index in [0.29, 0.717) is 22.4 Å². The Morgan fingerprint density at radius 3 is 3.00 bits per heavy atom. The lowest BCUT2D eigenvalue weighted by Gasteiger charge is -2.03. The summed E-state index contributed by atoms with van der Waals surface area (Å²) in [5.41, 5.74) is 0.901. The SMILES string of the molecule is CCCn1ncc(Br)c1C(=O)c1cnsn1. The zero-order valence-electron chi connectivity index (χ0n) is 8.55. The highest BCUT2D eigenvalue weighted by atomic mass is 79.9. The molecule has 0 atom stereocenters. The van der Waals surface area contributed by atoms with Gasteiger partial charge in [0.2, 0.25) is 5.78 Å². The maximum absolute atomic E-state index is 12.1. The van der Waals surface area contributed by atoms with Gasteiger partial charge in [-0.25, -0.2) is 0 Å². The molecule has 0 N–H and O–H groups in total. The van der Waals surface area contributed by atoms with Gasteiger partial charge in [-0.1, -0.05) is 6.92 Å². The van der Waals surface area contributed by atoms with Crippen LogP contribution in [0, 0.1) is 0 Å². The molecule has 0 aliphatic carbocycles. The average molecular weight is 301 g/mol. The van der Waals surface area contributed by atoms with Crippen molar-refractivity contribution < 1.29 is 4.79 Å². The number of aromatic nitrogens is 4. The zero-order chi connectivity index (χ0) is 11.5. The van der Waals surface area contributed by atoms with E-state index in [4.69, 9.17) is 0 Å². The Labute approximate surface area is 105 Å². The number of rotatable bonds is 4. The molecule has 0 saturated heterocycles. The van der Waals surface area contributed by atoms with E-state index in [9.17, 15) is 4.79 Å². The molecule has 0 aliphatic rings. The first-order valence-electron chi connectivity index (χ1n) is 4.77. The van der Waals surface area contributed by atoms with Crippen LogP contribution in [0.15, 0.2) is 16.9 Å². The van der Waals surface area contributed by atoms with E-state index in [0.717, 1.165) is 18.1 Å². The van der Waals surface area contributed by atoms with Crippen molar-refractivity contribution in [2.24, 2.45) is 0 Å². The van der Waals surface area contributed by atoms with E-state index < -0.39 is 0 Å². The summed E-state index contributed by atoms with van der Waals surface area (Å²) in [6.45, 7) is 2.75. The van der Waals surface area contributed by atoms with Gasteiger partial charge in [-0.2, -0.15) is 13.8 Å². The highest BCUT2D eigenvalue weighted by Gasteiger charge is 2.20. The number of hydrogen-bond donors (Lipinski definition) is 0. The van der Waals surface area contributed by atoms with Crippen molar-refractivity contribution in [2.45, 2.75) is 19.9 Å². The number of nitrogens with zero attached hydrogens (tertiary/aromatic N) is 4. The zero-order valence-corrected chi connectivity index (χ0v) is 11.0. The van der Waals surface area contributed by atoms with Gasteiger partial charge in [0, 0.05) is 6.54 Å². The van der Waals surface area contributed by atoms with E-state index in [2.05, 4.69) is 29.8 Å². The maximum atomic E-state index is 12.1. The molecule has 2 rings (SSSR count). The van der Waals surface area contributed by atoms with Gasteiger partial charge in [0.05, 0.1) is 28.6 Å². The van der Waals surface area contributed by atoms with E-state index >= 15 is 0 Å². The molecule has 0 aliphatic heterocycles. The lowest BCUT2D eigenvalue weighted by molar-refractivity contribution is 0.102. The van der Waals surface area contributed by atoms with E-state index in [1.165, 1.54) is 6.20 Å². The summed E-state index contributed by atoms with van der Waals surface area (Å²) in [5.74, 6) is -0.147. The number of halogens is 1. The summed E-state index contributed by atoms with van der Waals surface area (Å²) in [7, 11) is 0. The molecular weight excluding hydrogens is 292 g/mol. The molecule has 0 unspecified atom stereocenters. The Bertz CT molecular complexity index is 494. The molecule has 0 radical (unpaired) electrons. The topological polar surface area (TPSA) is 60.7 Å². The molecule has 16 heavy (non-hydrogen) atoms. The summed E-state index contributed by atoms with van der Waals surface area (Å²) in [6, 6.07) is 0. The van der Waals surface area contributed by atoms with Gasteiger partial charge in [-0.3, -0.25) is 9.48 Å². The van der Waals surface area contributed by atoms with Gasteiger partial charge in [0.25, 0.3) is 0 Å². The molecule has 0 bridgehead atoms. The Morgan fingerprint density at radius 1 is 1.56 bits per heavy atom. The lowest BCUT2D eigenvalue weighted by atomic mass is 10.2. The molecular formula is C9H9BrN4OS. The van der Waals surface area contributed by atoms with Crippen molar-refractivity contribution in [1.29, 1.82) is 0 Å². The van der Waals surface area contributed by atoms with Gasteiger partial charge in [0.15, 0.2) is 0 Å². The van der Waals surface area contributed by atoms with Crippen LogP contribution < -0.4 is 0 Å². The first-order chi connectivity index (χ1) is 7.74. The summed E-state index contributed by atoms with van der Waals surface area (Å²) >= 11 is 4.35. The van der Waals surface area contributed by atoms with Crippen LogP contribution in [0.2, 0.25) is 0 Å². The largest absolute Gasteiger partial charge is 0.285 e. The number of carbonyl (C=O) groups excluding carboxylic acids is 1. The first-order valence-corrected chi connectivity index (χ1v) is 6.30. The van der Waals surface area contributed by atoms with Crippen molar-refractivity contribution in [1.82, 2.24) is 18.5 Å². The van der Waals surface area contributed by atoms with Gasteiger partial charge < -0.3 is 0 Å². The Kier molecular flexibility index (Phi) is 3.45. The van der Waals surface area contributed by atoms with Crippen molar-refractivity contribution in [3.63, 3.8) is 0 Å². The van der Waals surface area contributed by atoms with Crippen LogP contribution in [0.3, 0.4) is 0 Å². The van der Waals surface area contributed by atoms with Crippen LogP contribution in [-0.4, -0.2) is 24.3 Å². The van der Waals surface area contributed by atoms with Crippen LogP contribution in [0.4, 0.5) is 0 Å². The third kappa shape index (κ3) is 2.05. The van der Waals surface area contributed by atoms with Crippen molar-refractivity contribution >= 4 is 33.4 Å². The van der Waals surface area contributed by atoms with Gasteiger partial charge in [-0.15, -0.1) is 0 Å². The Balaban J connectivity index is 2.39. The first kappa shape index (κ1) is 11.4. The van der Waals surface area contributed by atoms with E-state index in [1.807, 2.05) is 6.92 Å². The van der Waals surface area contributed by atoms with Gasteiger partial charge in [0.1, 0.15) is 11.4 Å². The molecule has 5 nitrogen and oxygen atoms in total. The second-order valence-electron chi connectivity index (χ2n) is 3.19. The van der Waals surface area contributed by atoms with Gasteiger partial charge in [-0.05, 0) is 22.4 Å². The number of aryl methyl sites for hydroxylation is 1. The van der Waals surface area contributed by atoms with Gasteiger partial charge >= 0.3 is 0 Å². The van der Waals surface area contributed by atoms with Crippen molar-refractivity contribution in [3.8, 4) is 0 Å². The molecule has 0 fully saturated rings. The molecule has 84 valence electrons. The lowest BCUT2D eigenvalue weighted by Crippen LogP contribution is -2.12. The fourth-order valence-corrected chi connectivity index (χ4v) is 2.24. The van der Waals surface area contributed by atoms with Crippen LogP contribution in [-0.2, 0) is 6.54 Å². The predicted molar refractivity (Wildman–Crippen MR) is 63.6 cm³/mol. The molecule has 7 heteroatoms. The molecule has 2 heterocycles. The quantitative estimate of drug-likeness (QED) is 0.812. The molecule has 0 spiro atoms. The summed E-state index contributed by atoms with van der Waals surface area (Å²) in [5, 5.41) is 4.14. The standard InChI is InChI=1S/C9H9BrN4OS/c1-2-3-14-8(6(10)4-11-14)9(15)7-5-12-16-13-7/h4-5H,2-3H2,1H3. The Hall–Kier alpha value is -1.08. The smallest absolute Gasteiger partial charge is 0.233 e. The molecule has 0 aromatic carbocycles. The summed E-state index contributed by atoms with van der Waals surface area (Å²) < 4.78 is 10.1. The Morgan fingerprint density at radius 2 is 2.38 bits per heavy atom. The summed E-state index contributed by atoms with van der Waals surface area (Å²) in [6.07, 6.45) is 4.02. The third-order valence-electron chi connectivity index (χ3n) is 2.04. The molecule has 2 aromatic rings. The molecule has 0 amide bonds. The van der Waals surface area contributed by atoms with Crippen molar-refractivity contribution in [3.05, 3.63) is 28.3 Å². The number of ketones is 1. The highest BCUT2D eigenvalue weighted by Crippen LogP contribution is 2.19. The monoisotopic (exact) mass is 300 g/mol. The normalized spacial score (nSPS) is 10.6. The average Bonchev–Trinajstić information content (AvgIpc) is 2.88. The highest BCUT2D eigenvalue weighted by molar-refractivity contribution is 9.10. The fourth-order valence-electron chi connectivity index (χ4n) is 1.36. The maximum Gasteiger partial charge on any atom is 0.233 e. The number of carbonyl (C=O) groups is 1. The van der Waals surface area contributed by atoms with E-state index in [-0.39, 0.29) is 5.78 Å². The summed E-state index contributed by atoms with van der Waals surface area (Å²) in [4.78, 5) is 12.1. The minimum absolute atomic E-state index is 0.147. The molecule has 0 saturated carbocycles. The van der Waals surface area contributed by atoms with Crippen LogP contribution in [0.5, 0.6) is 0 Å². The number of hydrogen-bond acceptors (Lipinski definition) is 5. The van der Waals surface area contributed by atoms with Crippen molar-refractivity contribution in [2.75, 3.05) is 0 Å². The second kappa shape index (κ2) is 4.84. The van der Waals surface area contributed by atoms with Crippen LogP contribution in [0.25, 0.3) is 0 Å².